The van der Waals surface area contributed by atoms with Gasteiger partial charge < -0.3 is 0 Å². The first-order valence-electron chi connectivity index (χ1n) is 4.90. The van der Waals surface area contributed by atoms with Crippen LogP contribution in [0.25, 0.3) is 0 Å². The molecule has 0 radical (unpaired) electrons. The highest BCUT2D eigenvalue weighted by molar-refractivity contribution is 6.29. The van der Waals surface area contributed by atoms with Gasteiger partial charge in [-0.2, -0.15) is 0 Å². The maximum Gasteiger partial charge on any atom is 0.263 e. The largest absolute Gasteiger partial charge is 0.269 e. The number of imide groups is 1. The molecule has 1 atom stereocenters. The number of alkyl halides is 1. The first-order valence-corrected chi connectivity index (χ1v) is 5.34. The Labute approximate surface area is 98.3 Å². The van der Waals surface area contributed by atoms with Crippen molar-refractivity contribution in [2.24, 2.45) is 0 Å². The summed E-state index contributed by atoms with van der Waals surface area (Å²) in [7, 11) is 0. The van der Waals surface area contributed by atoms with Gasteiger partial charge in [-0.05, 0) is 19.1 Å². The van der Waals surface area contributed by atoms with Crippen molar-refractivity contribution in [1.29, 1.82) is 0 Å². The van der Waals surface area contributed by atoms with Crippen LogP contribution in [0, 0.1) is 0 Å². The lowest BCUT2D eigenvalue weighted by atomic mass is 10.1. The van der Waals surface area contributed by atoms with Crippen molar-refractivity contribution in [3.8, 4) is 0 Å². The third-order valence-corrected chi connectivity index (χ3v) is 2.76. The van der Waals surface area contributed by atoms with Gasteiger partial charge in [0.15, 0.2) is 0 Å². The van der Waals surface area contributed by atoms with Crippen molar-refractivity contribution in [3.63, 3.8) is 0 Å². The standard InChI is InChI=1S/C12H10ClNO2/c1-2-5-10(13)14-11(15)8-6-3-4-7-9(8)12(14)16/h2-7,10H,1H3/b5-2+. The van der Waals surface area contributed by atoms with E-state index in [1.54, 1.807) is 43.3 Å². The number of hydrogen-bond donors (Lipinski definition) is 0. The van der Waals surface area contributed by atoms with Crippen LogP contribution in [0.2, 0.25) is 0 Å². The molecular weight excluding hydrogens is 226 g/mol. The van der Waals surface area contributed by atoms with Gasteiger partial charge in [0.2, 0.25) is 0 Å². The van der Waals surface area contributed by atoms with Gasteiger partial charge in [0.25, 0.3) is 11.8 Å². The molecule has 4 heteroatoms. The molecule has 1 aliphatic rings. The Bertz CT molecular complexity index is 447. The maximum atomic E-state index is 11.9. The summed E-state index contributed by atoms with van der Waals surface area (Å²) in [5, 5.41) is 0. The van der Waals surface area contributed by atoms with Crippen LogP contribution in [0.1, 0.15) is 27.6 Å². The van der Waals surface area contributed by atoms with E-state index < -0.39 is 5.50 Å². The summed E-state index contributed by atoms with van der Waals surface area (Å²) in [5.41, 5.74) is 0.114. The maximum absolute atomic E-state index is 11.9. The molecule has 0 aliphatic carbocycles. The average Bonchev–Trinajstić information content (AvgIpc) is 2.53. The molecule has 1 aromatic carbocycles. The van der Waals surface area contributed by atoms with E-state index in [0.717, 1.165) is 4.90 Å². The highest BCUT2D eigenvalue weighted by Crippen LogP contribution is 2.25. The van der Waals surface area contributed by atoms with Gasteiger partial charge in [-0.25, -0.2) is 0 Å². The highest BCUT2D eigenvalue weighted by atomic mass is 35.5. The SMILES string of the molecule is C/C=C/C(Cl)N1C(=O)c2ccccc2C1=O. The zero-order chi connectivity index (χ0) is 11.7. The minimum atomic E-state index is -0.725. The minimum Gasteiger partial charge on any atom is -0.269 e. The molecule has 1 aliphatic heterocycles. The molecule has 82 valence electrons. The van der Waals surface area contributed by atoms with Crippen LogP contribution in [-0.2, 0) is 0 Å². The fraction of sp³-hybridized carbons (Fsp3) is 0.167. The molecule has 1 heterocycles. The first kappa shape index (κ1) is 10.9. The third-order valence-electron chi connectivity index (χ3n) is 2.42. The Morgan fingerprint density at radius 3 is 2.12 bits per heavy atom. The fourth-order valence-corrected chi connectivity index (χ4v) is 2.00. The van der Waals surface area contributed by atoms with Crippen LogP contribution < -0.4 is 0 Å². The summed E-state index contributed by atoms with van der Waals surface area (Å²) >= 11 is 5.96. The number of carbonyl (C=O) groups is 2. The molecule has 2 rings (SSSR count). The smallest absolute Gasteiger partial charge is 0.263 e. The van der Waals surface area contributed by atoms with Crippen LogP contribution in [-0.4, -0.2) is 22.2 Å². The summed E-state index contributed by atoms with van der Waals surface area (Å²) in [4.78, 5) is 24.9. The monoisotopic (exact) mass is 235 g/mol. The van der Waals surface area contributed by atoms with E-state index in [9.17, 15) is 9.59 Å². The van der Waals surface area contributed by atoms with E-state index in [0.29, 0.717) is 11.1 Å². The van der Waals surface area contributed by atoms with Crippen molar-refractivity contribution in [2.45, 2.75) is 12.4 Å². The van der Waals surface area contributed by atoms with Crippen LogP contribution >= 0.6 is 11.6 Å². The zero-order valence-corrected chi connectivity index (χ0v) is 9.44. The van der Waals surface area contributed by atoms with Crippen LogP contribution in [0.5, 0.6) is 0 Å². The van der Waals surface area contributed by atoms with E-state index in [1.165, 1.54) is 0 Å². The van der Waals surface area contributed by atoms with Crippen molar-refractivity contribution >= 4 is 23.4 Å². The van der Waals surface area contributed by atoms with E-state index in [2.05, 4.69) is 0 Å². The highest BCUT2D eigenvalue weighted by Gasteiger charge is 2.38. The molecule has 0 N–H and O–H groups in total. The summed E-state index contributed by atoms with van der Waals surface area (Å²) in [6.07, 6.45) is 3.31. The van der Waals surface area contributed by atoms with Gasteiger partial charge in [-0.15, -0.1) is 0 Å². The molecule has 2 amide bonds. The Kier molecular flexibility index (Phi) is 2.79. The van der Waals surface area contributed by atoms with Crippen molar-refractivity contribution in [2.75, 3.05) is 0 Å². The molecule has 1 unspecified atom stereocenters. The quantitative estimate of drug-likeness (QED) is 0.342. The second kappa shape index (κ2) is 4.10. The predicted octanol–water partition coefficient (Wildman–Crippen LogP) is 2.42. The van der Waals surface area contributed by atoms with Crippen LogP contribution in [0.15, 0.2) is 36.4 Å². The Morgan fingerprint density at radius 2 is 1.69 bits per heavy atom. The number of carbonyl (C=O) groups excluding carboxylic acids is 2. The number of benzene rings is 1. The Morgan fingerprint density at radius 1 is 1.19 bits per heavy atom. The number of nitrogens with zero attached hydrogens (tertiary/aromatic N) is 1. The number of amides is 2. The average molecular weight is 236 g/mol. The van der Waals surface area contributed by atoms with Crippen molar-refractivity contribution < 1.29 is 9.59 Å². The lowest BCUT2D eigenvalue weighted by molar-refractivity contribution is 0.0654. The van der Waals surface area contributed by atoms with E-state index >= 15 is 0 Å². The number of hydrogen-bond acceptors (Lipinski definition) is 2. The van der Waals surface area contributed by atoms with Crippen molar-refractivity contribution in [1.82, 2.24) is 4.90 Å². The second-order valence-electron chi connectivity index (χ2n) is 3.42. The van der Waals surface area contributed by atoms with E-state index in [4.69, 9.17) is 11.6 Å². The zero-order valence-electron chi connectivity index (χ0n) is 8.68. The molecule has 0 spiro atoms. The summed E-state index contributed by atoms with van der Waals surface area (Å²) < 4.78 is 0. The number of allylic oxidation sites excluding steroid dienone is 1. The summed E-state index contributed by atoms with van der Waals surface area (Å²) in [6.45, 7) is 1.79. The van der Waals surface area contributed by atoms with E-state index in [-0.39, 0.29) is 11.8 Å². The fourth-order valence-electron chi connectivity index (χ4n) is 1.68. The van der Waals surface area contributed by atoms with Gasteiger partial charge in [-0.3, -0.25) is 14.5 Å². The van der Waals surface area contributed by atoms with Crippen LogP contribution in [0.3, 0.4) is 0 Å². The van der Waals surface area contributed by atoms with Gasteiger partial charge in [0.1, 0.15) is 5.50 Å². The second-order valence-corrected chi connectivity index (χ2v) is 3.87. The number of fused-ring (bicyclic) bond motifs is 1. The molecule has 0 fully saturated rings. The molecule has 0 aromatic heterocycles. The molecule has 0 saturated heterocycles. The minimum absolute atomic E-state index is 0.335. The third kappa shape index (κ3) is 1.53. The van der Waals surface area contributed by atoms with Gasteiger partial charge in [-0.1, -0.05) is 35.9 Å². The molecule has 1 aromatic rings. The van der Waals surface area contributed by atoms with Crippen molar-refractivity contribution in [3.05, 3.63) is 47.5 Å². The lowest BCUT2D eigenvalue weighted by Crippen LogP contribution is -2.35. The first-order chi connectivity index (χ1) is 7.66. The van der Waals surface area contributed by atoms with E-state index in [1.807, 2.05) is 0 Å². The number of rotatable bonds is 2. The normalized spacial score (nSPS) is 17.0. The molecule has 0 saturated carbocycles. The van der Waals surface area contributed by atoms with Gasteiger partial charge >= 0.3 is 0 Å². The molecular formula is C12H10ClNO2. The predicted molar refractivity (Wildman–Crippen MR) is 61.4 cm³/mol. The summed E-state index contributed by atoms with van der Waals surface area (Å²) in [5.74, 6) is -0.669. The number of halogens is 1. The molecule has 16 heavy (non-hydrogen) atoms. The molecule has 0 bridgehead atoms. The Balaban J connectivity index is 2.42. The Hall–Kier alpha value is -1.61. The van der Waals surface area contributed by atoms with Crippen LogP contribution in [0.4, 0.5) is 0 Å². The molecule has 3 nitrogen and oxygen atoms in total. The van der Waals surface area contributed by atoms with Gasteiger partial charge in [0.05, 0.1) is 11.1 Å². The topological polar surface area (TPSA) is 37.4 Å². The van der Waals surface area contributed by atoms with Gasteiger partial charge in [0, 0.05) is 0 Å². The lowest BCUT2D eigenvalue weighted by Gasteiger charge is -2.16. The summed E-state index contributed by atoms with van der Waals surface area (Å²) in [6, 6.07) is 6.72.